The summed E-state index contributed by atoms with van der Waals surface area (Å²) in [5, 5.41) is 28.6. The molecule has 0 radical (unpaired) electrons. The van der Waals surface area contributed by atoms with Crippen LogP contribution in [0.15, 0.2) is 62.5 Å². The van der Waals surface area contributed by atoms with Crippen LogP contribution in [0.1, 0.15) is 97.9 Å². The zero-order chi connectivity index (χ0) is 37.2. The monoisotopic (exact) mass is 806 g/mol. The summed E-state index contributed by atoms with van der Waals surface area (Å²) >= 11 is 0. The van der Waals surface area contributed by atoms with Crippen molar-refractivity contribution in [2.24, 2.45) is 0 Å². The maximum absolute atomic E-state index is 12.6. The third kappa shape index (κ3) is 8.66. The average molecular weight is 808 g/mol. The number of fused-ring (bicyclic) bond motifs is 4. The van der Waals surface area contributed by atoms with Crippen molar-refractivity contribution in [3.05, 3.63) is 91.6 Å². The number of aliphatic hydroxyl groups is 1. The summed E-state index contributed by atoms with van der Waals surface area (Å²) in [5.74, 6) is -4.00. The maximum Gasteiger partial charge on any atom is 1.00 e. The summed E-state index contributed by atoms with van der Waals surface area (Å²) in [6.45, 7) is 8.27. The molecule has 2 aliphatic rings. The van der Waals surface area contributed by atoms with Crippen LogP contribution in [0.3, 0.4) is 0 Å². The van der Waals surface area contributed by atoms with Gasteiger partial charge in [-0.3, -0.25) is 14.4 Å². The molecule has 4 heterocycles. The topological polar surface area (TPSA) is 173 Å². The van der Waals surface area contributed by atoms with Gasteiger partial charge < -0.3 is 33.5 Å². The predicted molar refractivity (Wildman–Crippen MR) is 202 cm³/mol. The molecule has 2 saturated heterocycles. The number of benzene rings is 2. The Labute approximate surface area is 340 Å². The first-order valence-electron chi connectivity index (χ1n) is 17.6. The van der Waals surface area contributed by atoms with E-state index in [-0.39, 0.29) is 93.8 Å². The van der Waals surface area contributed by atoms with Crippen LogP contribution in [-0.2, 0) is 22.5 Å². The van der Waals surface area contributed by atoms with Gasteiger partial charge in [0.2, 0.25) is 5.76 Å². The van der Waals surface area contributed by atoms with Crippen LogP contribution in [0.4, 0.5) is 0 Å². The van der Waals surface area contributed by atoms with Gasteiger partial charge in [0.25, 0.3) is 0 Å². The number of quaternary nitrogens is 1. The van der Waals surface area contributed by atoms with Crippen LogP contribution in [-0.4, -0.2) is 80.2 Å². The molecular weight excluding hydrogens is 759 g/mol. The number of esters is 1. The van der Waals surface area contributed by atoms with E-state index in [0.29, 0.717) is 42.0 Å². The number of aryl methyl sites for hydroxylation is 2. The zero-order valence-electron chi connectivity index (χ0n) is 31.2. The molecule has 2 aromatic carbocycles. The number of ether oxygens (including phenoxy) is 1. The Morgan fingerprint density at radius 1 is 0.943 bits per heavy atom. The summed E-state index contributed by atoms with van der Waals surface area (Å²) in [5.41, 5.74) is 0.425. The number of nitrogens with zero attached hydrogens (tertiary/aromatic N) is 2. The van der Waals surface area contributed by atoms with Crippen molar-refractivity contribution >= 4 is 56.8 Å². The molecule has 5 atom stereocenters. The third-order valence-electron chi connectivity index (χ3n) is 11.0. The average Bonchev–Trinajstić information content (AvgIpc) is 3.25. The van der Waals surface area contributed by atoms with E-state index in [2.05, 4.69) is 20.9 Å². The second kappa shape index (κ2) is 18.3. The largest absolute Gasteiger partial charge is 1.00 e. The molecule has 2 aliphatic heterocycles. The molecule has 0 aliphatic carbocycles. The van der Waals surface area contributed by atoms with Gasteiger partial charge in [0, 0.05) is 55.3 Å². The minimum atomic E-state index is -1.39. The second-order valence-electron chi connectivity index (χ2n) is 14.0. The molecular formula is C39H48BrN2NaO10+2. The van der Waals surface area contributed by atoms with Gasteiger partial charge in [0.1, 0.15) is 23.3 Å². The van der Waals surface area contributed by atoms with Gasteiger partial charge >= 0.3 is 47.5 Å². The number of halogens is 1. The number of hydrogen-bond acceptors (Lipinski definition) is 8. The van der Waals surface area contributed by atoms with Crippen molar-refractivity contribution in [3.63, 3.8) is 0 Å². The number of carbonyl (C=O) groups excluding carboxylic acids is 1. The van der Waals surface area contributed by atoms with E-state index in [0.717, 1.165) is 35.0 Å². The van der Waals surface area contributed by atoms with Crippen molar-refractivity contribution < 1.29 is 72.9 Å². The first kappa shape index (κ1) is 44.1. The van der Waals surface area contributed by atoms with Gasteiger partial charge in [0.05, 0.1) is 42.7 Å². The van der Waals surface area contributed by atoms with Crippen molar-refractivity contribution in [2.45, 2.75) is 103 Å². The van der Waals surface area contributed by atoms with Gasteiger partial charge in [-0.1, -0.05) is 43.7 Å². The Balaban J connectivity index is 0.000000277. The Kier molecular flexibility index (Phi) is 15.2. The van der Waals surface area contributed by atoms with E-state index < -0.39 is 34.5 Å². The van der Waals surface area contributed by atoms with Crippen molar-refractivity contribution in [1.29, 1.82) is 0 Å². The van der Waals surface area contributed by atoms with E-state index in [1.165, 1.54) is 23.5 Å². The van der Waals surface area contributed by atoms with Crippen molar-refractivity contribution in [1.82, 2.24) is 4.57 Å². The van der Waals surface area contributed by atoms with Gasteiger partial charge in [0.15, 0.2) is 10.9 Å². The number of piperidine rings is 1. The molecule has 4 aromatic rings. The molecule has 2 bridgehead atoms. The van der Waals surface area contributed by atoms with Crippen LogP contribution < -0.4 is 40.4 Å². The maximum atomic E-state index is 12.6. The van der Waals surface area contributed by atoms with Gasteiger partial charge in [-0.15, -0.1) is 17.0 Å². The summed E-state index contributed by atoms with van der Waals surface area (Å²) in [6.07, 6.45) is 5.35. The predicted octanol–water partition coefficient (Wildman–Crippen LogP) is 2.91. The van der Waals surface area contributed by atoms with Crippen LogP contribution in [0, 0.1) is 0 Å². The fraction of sp³-hybridized carbons (Fsp3) is 0.462. The van der Waals surface area contributed by atoms with Crippen molar-refractivity contribution in [2.75, 3.05) is 13.7 Å². The molecule has 0 amide bonds. The minimum absolute atomic E-state index is 0. The third-order valence-corrected chi connectivity index (χ3v) is 11.0. The number of carbonyl (C=O) groups is 3. The number of pyridine rings is 1. The van der Waals surface area contributed by atoms with Gasteiger partial charge in [-0.2, -0.15) is 0 Å². The summed E-state index contributed by atoms with van der Waals surface area (Å²) in [6, 6.07) is 14.5. The quantitative estimate of drug-likeness (QED) is 0.0937. The SMILES string of the molecule is Br.CC(C)[N+]1(C)[C@@H]2CC[C@H]1CC(OC(=O)C(CO)c1ccccc1)C2.CCCc1c2oc(C(=O)O)cc(=O)c2cc2c(=O)cc(C(=O)O)n(CC)c12.[Na+]. The molecule has 3 N–H and O–H groups in total. The number of hydrogen-bond donors (Lipinski definition) is 3. The first-order chi connectivity index (χ1) is 24.3. The molecule has 6 rings (SSSR count). The molecule has 2 fully saturated rings. The number of aromatic nitrogens is 1. The van der Waals surface area contributed by atoms with E-state index >= 15 is 0 Å². The van der Waals surface area contributed by atoms with E-state index in [1.54, 1.807) is 6.92 Å². The number of carboxylic acid groups (broad SMARTS) is 2. The Morgan fingerprint density at radius 2 is 1.55 bits per heavy atom. The summed E-state index contributed by atoms with van der Waals surface area (Å²) < 4.78 is 13.9. The molecule has 14 heteroatoms. The molecule has 0 saturated carbocycles. The summed E-state index contributed by atoms with van der Waals surface area (Å²) in [7, 11) is 2.37. The molecule has 53 heavy (non-hydrogen) atoms. The fourth-order valence-electron chi connectivity index (χ4n) is 8.16. The fourth-order valence-corrected chi connectivity index (χ4v) is 8.16. The Hall–Kier alpha value is -3.33. The minimum Gasteiger partial charge on any atom is -0.477 e. The molecule has 3 unspecified atom stereocenters. The van der Waals surface area contributed by atoms with Crippen LogP contribution in [0.25, 0.3) is 21.9 Å². The van der Waals surface area contributed by atoms with Crippen LogP contribution in [0.5, 0.6) is 0 Å². The number of aromatic carboxylic acids is 2. The van der Waals surface area contributed by atoms with E-state index in [1.807, 2.05) is 37.3 Å². The first-order valence-corrected chi connectivity index (χ1v) is 17.6. The molecule has 12 nitrogen and oxygen atoms in total. The summed E-state index contributed by atoms with van der Waals surface area (Å²) in [4.78, 5) is 60.4. The second-order valence-corrected chi connectivity index (χ2v) is 14.0. The molecule has 2 aromatic heterocycles. The standard InChI is InChI=1S/C20H30NO3.C19H17NO7.BrH.Na/c1-14(2)21(3)16-9-10-17(21)12-18(11-16)24-20(23)19(13-22)15-7-5-4-6-8-15;1-3-5-9-16-10(13(21)7-12(18(23)24)20(16)4-2)6-11-14(22)8-15(19(25)26)27-17(9)11;;/h4-8,14,16-19,22H,9-13H2,1-3H3;6-8H,3-5H2,1-2H3,(H,23,24)(H,25,26);1H;/q+1;;;+1/t16-,17+,18?,19?,21?;;;. The smallest absolute Gasteiger partial charge is 0.477 e. The molecule has 280 valence electrons. The number of rotatable bonds is 10. The van der Waals surface area contributed by atoms with Gasteiger partial charge in [-0.25, -0.2) is 9.59 Å². The number of aliphatic hydroxyl groups excluding tert-OH is 1. The molecule has 0 spiro atoms. The van der Waals surface area contributed by atoms with Gasteiger partial charge in [-0.05, 0) is 38.8 Å². The van der Waals surface area contributed by atoms with Crippen LogP contribution >= 0.6 is 17.0 Å². The van der Waals surface area contributed by atoms with Crippen molar-refractivity contribution in [3.8, 4) is 0 Å². The van der Waals surface area contributed by atoms with E-state index in [9.17, 15) is 39.3 Å². The number of carboxylic acids is 2. The normalized spacial score (nSPS) is 20.8. The Bertz CT molecular complexity index is 2070. The Morgan fingerprint density at radius 3 is 2.06 bits per heavy atom. The van der Waals surface area contributed by atoms with Crippen LogP contribution in [0.2, 0.25) is 0 Å². The zero-order valence-corrected chi connectivity index (χ0v) is 34.9. The van der Waals surface area contributed by atoms with E-state index in [4.69, 9.17) is 9.15 Å².